The summed E-state index contributed by atoms with van der Waals surface area (Å²) in [7, 11) is 3.37. The molecular weight excluding hydrogens is 238 g/mol. The van der Waals surface area contributed by atoms with Crippen molar-refractivity contribution in [2.45, 2.75) is 38.6 Å². The van der Waals surface area contributed by atoms with E-state index in [0.717, 1.165) is 36.1 Å². The Morgan fingerprint density at radius 1 is 1.16 bits per heavy atom. The third-order valence-electron chi connectivity index (χ3n) is 4.00. The van der Waals surface area contributed by atoms with E-state index in [2.05, 4.69) is 11.4 Å². The molecule has 1 aromatic carbocycles. The molecule has 2 rings (SSSR count). The zero-order valence-corrected chi connectivity index (χ0v) is 12.1. The van der Waals surface area contributed by atoms with E-state index < -0.39 is 0 Å². The molecule has 0 spiro atoms. The summed E-state index contributed by atoms with van der Waals surface area (Å²) in [5, 5.41) is 3.52. The maximum absolute atomic E-state index is 5.43. The molecule has 1 fully saturated rings. The van der Waals surface area contributed by atoms with Crippen molar-refractivity contribution in [2.75, 3.05) is 20.8 Å². The molecule has 1 saturated carbocycles. The van der Waals surface area contributed by atoms with Crippen LogP contribution in [0.15, 0.2) is 18.2 Å². The van der Waals surface area contributed by atoms with Crippen LogP contribution in [0.25, 0.3) is 0 Å². The Morgan fingerprint density at radius 3 is 2.63 bits per heavy atom. The summed E-state index contributed by atoms with van der Waals surface area (Å²) in [6.07, 6.45) is 6.99. The summed E-state index contributed by atoms with van der Waals surface area (Å²) in [6.45, 7) is 1.93. The van der Waals surface area contributed by atoms with Gasteiger partial charge in [-0.2, -0.15) is 0 Å². The first-order valence-electron chi connectivity index (χ1n) is 7.25. The summed E-state index contributed by atoms with van der Waals surface area (Å²) in [5.41, 5.74) is 1.16. The number of para-hydroxylation sites is 1. The average Bonchev–Trinajstić information content (AvgIpc) is 2.96. The molecule has 0 unspecified atom stereocenters. The van der Waals surface area contributed by atoms with Gasteiger partial charge in [0.15, 0.2) is 11.5 Å². The summed E-state index contributed by atoms with van der Waals surface area (Å²) in [6, 6.07) is 6.03. The van der Waals surface area contributed by atoms with E-state index >= 15 is 0 Å². The Kier molecular flexibility index (Phi) is 5.52. The van der Waals surface area contributed by atoms with Gasteiger partial charge in [0.05, 0.1) is 14.2 Å². The lowest BCUT2D eigenvalue weighted by Gasteiger charge is -2.14. The highest BCUT2D eigenvalue weighted by Gasteiger charge is 2.14. The maximum Gasteiger partial charge on any atom is 0.165 e. The van der Waals surface area contributed by atoms with E-state index in [4.69, 9.17) is 9.47 Å². The van der Waals surface area contributed by atoms with Crippen molar-refractivity contribution in [3.8, 4) is 11.5 Å². The summed E-state index contributed by atoms with van der Waals surface area (Å²) in [4.78, 5) is 0. The minimum atomic E-state index is 0.803. The quantitative estimate of drug-likeness (QED) is 0.765. The van der Waals surface area contributed by atoms with Gasteiger partial charge in [-0.3, -0.25) is 0 Å². The van der Waals surface area contributed by atoms with Crippen LogP contribution in [-0.4, -0.2) is 20.8 Å². The number of rotatable bonds is 7. The Hall–Kier alpha value is -1.22. The molecule has 0 saturated heterocycles. The van der Waals surface area contributed by atoms with Gasteiger partial charge in [-0.05, 0) is 24.9 Å². The second kappa shape index (κ2) is 7.39. The molecule has 0 amide bonds. The second-order valence-corrected chi connectivity index (χ2v) is 5.27. The lowest BCUT2D eigenvalue weighted by atomic mass is 10.0. The fourth-order valence-corrected chi connectivity index (χ4v) is 2.92. The van der Waals surface area contributed by atoms with Crippen LogP contribution in [0.1, 0.15) is 37.7 Å². The number of methoxy groups -OCH3 is 2. The van der Waals surface area contributed by atoms with Gasteiger partial charge in [-0.15, -0.1) is 0 Å². The van der Waals surface area contributed by atoms with E-state index in [1.807, 2.05) is 12.1 Å². The van der Waals surface area contributed by atoms with E-state index in [9.17, 15) is 0 Å². The lowest BCUT2D eigenvalue weighted by Crippen LogP contribution is -2.17. The molecule has 0 aliphatic heterocycles. The van der Waals surface area contributed by atoms with Crippen molar-refractivity contribution in [2.24, 2.45) is 5.92 Å². The lowest BCUT2D eigenvalue weighted by molar-refractivity contribution is 0.350. The number of ether oxygens (including phenoxy) is 2. The van der Waals surface area contributed by atoms with Crippen molar-refractivity contribution in [3.05, 3.63) is 23.8 Å². The summed E-state index contributed by atoms with van der Waals surface area (Å²) in [5.74, 6) is 2.59. The van der Waals surface area contributed by atoms with Gasteiger partial charge in [0.25, 0.3) is 0 Å². The number of hydrogen-bond acceptors (Lipinski definition) is 3. The van der Waals surface area contributed by atoms with Crippen molar-refractivity contribution in [3.63, 3.8) is 0 Å². The van der Waals surface area contributed by atoms with E-state index in [0.29, 0.717) is 0 Å². The van der Waals surface area contributed by atoms with Gasteiger partial charge in [0.1, 0.15) is 0 Å². The molecule has 0 radical (unpaired) electrons. The Bertz CT molecular complexity index is 386. The number of benzene rings is 1. The largest absolute Gasteiger partial charge is 0.493 e. The first-order valence-corrected chi connectivity index (χ1v) is 7.25. The van der Waals surface area contributed by atoms with Crippen LogP contribution < -0.4 is 14.8 Å². The maximum atomic E-state index is 5.43. The van der Waals surface area contributed by atoms with Gasteiger partial charge < -0.3 is 14.8 Å². The van der Waals surface area contributed by atoms with Crippen LogP contribution in [-0.2, 0) is 6.54 Å². The monoisotopic (exact) mass is 263 g/mol. The van der Waals surface area contributed by atoms with Gasteiger partial charge >= 0.3 is 0 Å². The third kappa shape index (κ3) is 3.87. The van der Waals surface area contributed by atoms with Crippen LogP contribution in [0.5, 0.6) is 11.5 Å². The number of hydrogen-bond donors (Lipinski definition) is 1. The highest BCUT2D eigenvalue weighted by atomic mass is 16.5. The Balaban J connectivity index is 1.81. The standard InChI is InChI=1S/C16H25NO2/c1-18-15-9-5-8-14(16(15)19-2)12-17-11-10-13-6-3-4-7-13/h5,8-9,13,17H,3-4,6-7,10-12H2,1-2H3. The smallest absolute Gasteiger partial charge is 0.165 e. The molecule has 106 valence electrons. The van der Waals surface area contributed by atoms with Crippen LogP contribution in [0.2, 0.25) is 0 Å². The van der Waals surface area contributed by atoms with Gasteiger partial charge in [0, 0.05) is 12.1 Å². The van der Waals surface area contributed by atoms with Crippen LogP contribution >= 0.6 is 0 Å². The van der Waals surface area contributed by atoms with Crippen molar-refractivity contribution >= 4 is 0 Å². The molecule has 0 heterocycles. The van der Waals surface area contributed by atoms with Crippen LogP contribution in [0, 0.1) is 5.92 Å². The molecule has 3 heteroatoms. The summed E-state index contributed by atoms with van der Waals surface area (Å²) < 4.78 is 10.7. The topological polar surface area (TPSA) is 30.5 Å². The highest BCUT2D eigenvalue weighted by molar-refractivity contribution is 5.46. The van der Waals surface area contributed by atoms with Crippen LogP contribution in [0.3, 0.4) is 0 Å². The molecular formula is C16H25NO2. The van der Waals surface area contributed by atoms with Crippen molar-refractivity contribution in [1.29, 1.82) is 0 Å². The van der Waals surface area contributed by atoms with Crippen molar-refractivity contribution < 1.29 is 9.47 Å². The molecule has 19 heavy (non-hydrogen) atoms. The van der Waals surface area contributed by atoms with Gasteiger partial charge in [0.2, 0.25) is 0 Å². The fraction of sp³-hybridized carbons (Fsp3) is 0.625. The third-order valence-corrected chi connectivity index (χ3v) is 4.00. The number of nitrogens with one attached hydrogen (secondary N) is 1. The van der Waals surface area contributed by atoms with E-state index in [1.165, 1.54) is 32.1 Å². The first kappa shape index (κ1) is 14.2. The first-order chi connectivity index (χ1) is 9.35. The van der Waals surface area contributed by atoms with Gasteiger partial charge in [-0.1, -0.05) is 37.8 Å². The molecule has 3 nitrogen and oxygen atoms in total. The SMILES string of the molecule is COc1cccc(CNCCC2CCCC2)c1OC. The Labute approximate surface area is 116 Å². The predicted octanol–water partition coefficient (Wildman–Crippen LogP) is 3.37. The van der Waals surface area contributed by atoms with Crippen molar-refractivity contribution in [1.82, 2.24) is 5.32 Å². The molecule has 0 atom stereocenters. The highest BCUT2D eigenvalue weighted by Crippen LogP contribution is 2.30. The molecule has 1 aliphatic rings. The normalized spacial score (nSPS) is 15.7. The fourth-order valence-electron chi connectivity index (χ4n) is 2.92. The van der Waals surface area contributed by atoms with Crippen LogP contribution in [0.4, 0.5) is 0 Å². The summed E-state index contributed by atoms with van der Waals surface area (Å²) >= 11 is 0. The van der Waals surface area contributed by atoms with Gasteiger partial charge in [-0.25, -0.2) is 0 Å². The molecule has 1 aliphatic carbocycles. The predicted molar refractivity (Wildman–Crippen MR) is 77.8 cm³/mol. The minimum Gasteiger partial charge on any atom is -0.493 e. The second-order valence-electron chi connectivity index (χ2n) is 5.27. The molecule has 0 bridgehead atoms. The molecule has 0 aromatic heterocycles. The zero-order valence-electron chi connectivity index (χ0n) is 12.1. The molecule has 1 N–H and O–H groups in total. The zero-order chi connectivity index (χ0) is 13.5. The molecule has 1 aromatic rings. The van der Waals surface area contributed by atoms with E-state index in [1.54, 1.807) is 14.2 Å². The van der Waals surface area contributed by atoms with E-state index in [-0.39, 0.29) is 0 Å². The average molecular weight is 263 g/mol. The minimum absolute atomic E-state index is 0.803. The Morgan fingerprint density at radius 2 is 1.95 bits per heavy atom.